The van der Waals surface area contributed by atoms with Crippen LogP contribution < -0.4 is 0 Å². The molecule has 0 aliphatic heterocycles. The topological polar surface area (TPSA) is 44.1 Å². The average molecular weight is 232 g/mol. The van der Waals surface area contributed by atoms with Gasteiger partial charge < -0.3 is 4.74 Å². The Morgan fingerprint density at radius 3 is 3.00 bits per heavy atom. The number of aromatic nitrogens is 2. The average Bonchev–Trinajstić information content (AvgIpc) is 2.78. The number of carbonyl (C=O) groups is 1. The highest BCUT2D eigenvalue weighted by molar-refractivity contribution is 5.86. The van der Waals surface area contributed by atoms with E-state index >= 15 is 0 Å². The van der Waals surface area contributed by atoms with Gasteiger partial charge in [0.15, 0.2) is 0 Å². The number of hydrogen-bond donors (Lipinski definition) is 0. The molecule has 0 atom stereocenters. The van der Waals surface area contributed by atoms with Crippen molar-refractivity contribution in [2.75, 3.05) is 6.61 Å². The van der Waals surface area contributed by atoms with Gasteiger partial charge in [-0.3, -0.25) is 0 Å². The second-order valence-corrected chi connectivity index (χ2v) is 3.92. The highest BCUT2D eigenvalue weighted by atomic mass is 16.5. The maximum absolute atomic E-state index is 11.8. The third kappa shape index (κ3) is 2.64. The van der Waals surface area contributed by atoms with E-state index in [1.54, 1.807) is 0 Å². The summed E-state index contributed by atoms with van der Waals surface area (Å²) < 4.78 is 6.63. The summed E-state index contributed by atoms with van der Waals surface area (Å²) in [7, 11) is 0. The lowest BCUT2D eigenvalue weighted by Crippen LogP contribution is -2.13. The zero-order chi connectivity index (χ0) is 12.1. The molecule has 0 saturated heterocycles. The first-order valence-corrected chi connectivity index (χ1v) is 5.92. The van der Waals surface area contributed by atoms with E-state index in [1.807, 2.05) is 24.3 Å². The smallest absolute Gasteiger partial charge is 0.419 e. The minimum absolute atomic E-state index is 0.352. The summed E-state index contributed by atoms with van der Waals surface area (Å²) in [5.41, 5.74) is 1.59. The molecule has 0 amide bonds. The molecule has 0 spiro atoms. The predicted molar refractivity (Wildman–Crippen MR) is 66.0 cm³/mol. The summed E-state index contributed by atoms with van der Waals surface area (Å²) in [6, 6.07) is 7.50. The van der Waals surface area contributed by atoms with Crippen molar-refractivity contribution in [3.8, 4) is 0 Å². The number of imidazole rings is 1. The van der Waals surface area contributed by atoms with Crippen molar-refractivity contribution >= 4 is 17.1 Å². The minimum Gasteiger partial charge on any atom is -0.449 e. The number of carbonyl (C=O) groups excluding carboxylic acids is 1. The van der Waals surface area contributed by atoms with Crippen molar-refractivity contribution < 1.29 is 9.53 Å². The lowest BCUT2D eigenvalue weighted by atomic mass is 10.3. The molecule has 0 fully saturated rings. The molecule has 0 radical (unpaired) electrons. The quantitative estimate of drug-likeness (QED) is 0.760. The molecule has 90 valence electrons. The number of para-hydroxylation sites is 2. The monoisotopic (exact) mass is 232 g/mol. The summed E-state index contributed by atoms with van der Waals surface area (Å²) in [5, 5.41) is 0. The number of ether oxygens (including phenoxy) is 1. The Bertz CT molecular complexity index is 505. The SMILES string of the molecule is CCCCCOC(=O)n1cnc2ccccc21. The van der Waals surface area contributed by atoms with Crippen LogP contribution in [-0.2, 0) is 4.74 Å². The Balaban J connectivity index is 2.04. The van der Waals surface area contributed by atoms with E-state index in [-0.39, 0.29) is 6.09 Å². The third-order valence-electron chi connectivity index (χ3n) is 2.62. The first-order valence-electron chi connectivity index (χ1n) is 5.92. The molecular weight excluding hydrogens is 216 g/mol. The molecular formula is C13H16N2O2. The van der Waals surface area contributed by atoms with Gasteiger partial charge in [-0.05, 0) is 18.6 Å². The van der Waals surface area contributed by atoms with E-state index in [4.69, 9.17) is 4.74 Å². The van der Waals surface area contributed by atoms with Crippen LogP contribution >= 0.6 is 0 Å². The Morgan fingerprint density at radius 2 is 2.18 bits per heavy atom. The lowest BCUT2D eigenvalue weighted by Gasteiger charge is -2.04. The van der Waals surface area contributed by atoms with Crippen LogP contribution in [0.15, 0.2) is 30.6 Å². The molecule has 0 N–H and O–H groups in total. The van der Waals surface area contributed by atoms with Gasteiger partial charge in [0.25, 0.3) is 0 Å². The predicted octanol–water partition coefficient (Wildman–Crippen LogP) is 3.21. The number of rotatable bonds is 4. The molecule has 1 heterocycles. The van der Waals surface area contributed by atoms with Gasteiger partial charge in [-0.2, -0.15) is 0 Å². The molecule has 2 rings (SSSR count). The van der Waals surface area contributed by atoms with Gasteiger partial charge >= 0.3 is 6.09 Å². The van der Waals surface area contributed by atoms with Gasteiger partial charge in [0.05, 0.1) is 17.6 Å². The number of fused-ring (bicyclic) bond motifs is 1. The standard InChI is InChI=1S/C13H16N2O2/c1-2-3-6-9-17-13(16)15-10-14-11-7-4-5-8-12(11)15/h4-5,7-8,10H,2-3,6,9H2,1H3. The van der Waals surface area contributed by atoms with Crippen LogP contribution in [0.4, 0.5) is 4.79 Å². The van der Waals surface area contributed by atoms with Gasteiger partial charge in [-0.25, -0.2) is 14.3 Å². The largest absolute Gasteiger partial charge is 0.449 e. The first-order chi connectivity index (χ1) is 8.33. The van der Waals surface area contributed by atoms with E-state index < -0.39 is 0 Å². The summed E-state index contributed by atoms with van der Waals surface area (Å²) in [5.74, 6) is 0. The van der Waals surface area contributed by atoms with Gasteiger partial charge in [-0.15, -0.1) is 0 Å². The molecule has 1 aromatic heterocycles. The molecule has 2 aromatic rings. The van der Waals surface area contributed by atoms with E-state index in [0.29, 0.717) is 6.61 Å². The van der Waals surface area contributed by atoms with Gasteiger partial charge in [0.2, 0.25) is 0 Å². The zero-order valence-corrected chi connectivity index (χ0v) is 9.93. The van der Waals surface area contributed by atoms with E-state index in [2.05, 4.69) is 11.9 Å². The Kier molecular flexibility index (Phi) is 3.75. The van der Waals surface area contributed by atoms with E-state index in [0.717, 1.165) is 30.3 Å². The number of nitrogens with zero attached hydrogens (tertiary/aromatic N) is 2. The van der Waals surface area contributed by atoms with Crippen molar-refractivity contribution in [3.63, 3.8) is 0 Å². The van der Waals surface area contributed by atoms with Crippen LogP contribution in [0.2, 0.25) is 0 Å². The highest BCUT2D eigenvalue weighted by Gasteiger charge is 2.09. The first kappa shape index (κ1) is 11.6. The highest BCUT2D eigenvalue weighted by Crippen LogP contribution is 2.12. The maximum atomic E-state index is 11.8. The maximum Gasteiger partial charge on any atom is 0.419 e. The number of benzene rings is 1. The third-order valence-corrected chi connectivity index (χ3v) is 2.62. The van der Waals surface area contributed by atoms with Crippen molar-refractivity contribution in [1.82, 2.24) is 9.55 Å². The van der Waals surface area contributed by atoms with Gasteiger partial charge in [-0.1, -0.05) is 31.9 Å². The van der Waals surface area contributed by atoms with Crippen molar-refractivity contribution in [1.29, 1.82) is 0 Å². The van der Waals surface area contributed by atoms with Crippen molar-refractivity contribution in [2.24, 2.45) is 0 Å². The van der Waals surface area contributed by atoms with E-state index in [9.17, 15) is 4.79 Å². The van der Waals surface area contributed by atoms with Crippen LogP contribution in [-0.4, -0.2) is 22.3 Å². The summed E-state index contributed by atoms with van der Waals surface area (Å²) in [6.07, 6.45) is 4.26. The molecule has 0 aliphatic rings. The Morgan fingerprint density at radius 1 is 1.35 bits per heavy atom. The Labute approximate surface area is 100 Å². The molecule has 0 unspecified atom stereocenters. The second kappa shape index (κ2) is 5.48. The van der Waals surface area contributed by atoms with Crippen LogP contribution in [0.1, 0.15) is 26.2 Å². The molecule has 1 aromatic carbocycles. The zero-order valence-electron chi connectivity index (χ0n) is 9.93. The fourth-order valence-corrected chi connectivity index (χ4v) is 1.69. The molecule has 0 bridgehead atoms. The summed E-state index contributed by atoms with van der Waals surface area (Å²) in [4.78, 5) is 15.9. The van der Waals surface area contributed by atoms with Crippen molar-refractivity contribution in [3.05, 3.63) is 30.6 Å². The van der Waals surface area contributed by atoms with E-state index in [1.165, 1.54) is 10.9 Å². The number of unbranched alkanes of at least 4 members (excludes halogenated alkanes) is 2. The summed E-state index contributed by atoms with van der Waals surface area (Å²) in [6.45, 7) is 2.59. The van der Waals surface area contributed by atoms with Crippen LogP contribution in [0.5, 0.6) is 0 Å². The fraction of sp³-hybridized carbons (Fsp3) is 0.385. The van der Waals surface area contributed by atoms with Crippen LogP contribution in [0.3, 0.4) is 0 Å². The van der Waals surface area contributed by atoms with Gasteiger partial charge in [0.1, 0.15) is 6.33 Å². The lowest BCUT2D eigenvalue weighted by molar-refractivity contribution is 0.146. The second-order valence-electron chi connectivity index (χ2n) is 3.92. The number of hydrogen-bond acceptors (Lipinski definition) is 3. The fourth-order valence-electron chi connectivity index (χ4n) is 1.69. The van der Waals surface area contributed by atoms with Gasteiger partial charge in [0, 0.05) is 0 Å². The summed E-state index contributed by atoms with van der Waals surface area (Å²) >= 11 is 0. The molecule has 0 aliphatic carbocycles. The van der Waals surface area contributed by atoms with Crippen LogP contribution in [0.25, 0.3) is 11.0 Å². The Hall–Kier alpha value is -1.84. The molecule has 4 nitrogen and oxygen atoms in total. The molecule has 17 heavy (non-hydrogen) atoms. The van der Waals surface area contributed by atoms with Crippen LogP contribution in [0, 0.1) is 0 Å². The normalized spacial score (nSPS) is 10.6. The molecule has 4 heteroatoms. The minimum atomic E-state index is -0.352. The molecule has 0 saturated carbocycles. The van der Waals surface area contributed by atoms with Crippen molar-refractivity contribution in [2.45, 2.75) is 26.2 Å².